The SMILES string of the molecule is CCCCCCCCCCCCCCC(CCN)C1CCCCC1. The van der Waals surface area contributed by atoms with Gasteiger partial charge in [0.2, 0.25) is 0 Å². The number of unbranched alkanes of at least 4 members (excludes halogenated alkanes) is 11. The van der Waals surface area contributed by atoms with E-state index in [1.165, 1.54) is 122 Å². The molecule has 1 nitrogen and oxygen atoms in total. The molecule has 1 atom stereocenters. The van der Waals surface area contributed by atoms with Gasteiger partial charge in [0.15, 0.2) is 0 Å². The van der Waals surface area contributed by atoms with E-state index in [1.807, 2.05) is 0 Å². The fourth-order valence-corrected chi connectivity index (χ4v) is 4.68. The molecule has 0 aromatic heterocycles. The van der Waals surface area contributed by atoms with Crippen molar-refractivity contribution in [2.24, 2.45) is 17.6 Å². The van der Waals surface area contributed by atoms with E-state index in [0.717, 1.165) is 18.4 Å². The van der Waals surface area contributed by atoms with Crippen molar-refractivity contribution in [2.75, 3.05) is 6.54 Å². The molecule has 1 unspecified atom stereocenters. The highest BCUT2D eigenvalue weighted by Crippen LogP contribution is 2.34. The molecule has 1 aliphatic carbocycles. The smallest absolute Gasteiger partial charge is 0.00745 e. The van der Waals surface area contributed by atoms with E-state index < -0.39 is 0 Å². The molecular weight excluding hydrogens is 290 g/mol. The second-order valence-corrected chi connectivity index (χ2v) is 8.41. The fraction of sp³-hybridized carbons (Fsp3) is 1.00. The normalized spacial score (nSPS) is 17.2. The molecule has 1 fully saturated rings. The summed E-state index contributed by atoms with van der Waals surface area (Å²) in [6.07, 6.45) is 27.6. The number of hydrogen-bond acceptors (Lipinski definition) is 1. The number of hydrogen-bond donors (Lipinski definition) is 1. The Morgan fingerprint density at radius 1 is 0.667 bits per heavy atom. The second-order valence-electron chi connectivity index (χ2n) is 8.41. The minimum atomic E-state index is 0.902. The van der Waals surface area contributed by atoms with Crippen LogP contribution < -0.4 is 5.73 Å². The van der Waals surface area contributed by atoms with Crippen LogP contribution in [0.2, 0.25) is 0 Å². The van der Waals surface area contributed by atoms with Crippen molar-refractivity contribution < 1.29 is 0 Å². The Morgan fingerprint density at radius 3 is 1.67 bits per heavy atom. The van der Waals surface area contributed by atoms with Gasteiger partial charge in [0.25, 0.3) is 0 Å². The van der Waals surface area contributed by atoms with E-state index in [1.54, 1.807) is 0 Å². The van der Waals surface area contributed by atoms with E-state index in [9.17, 15) is 0 Å². The molecule has 0 aliphatic heterocycles. The van der Waals surface area contributed by atoms with Crippen molar-refractivity contribution >= 4 is 0 Å². The molecule has 0 spiro atoms. The topological polar surface area (TPSA) is 26.0 Å². The zero-order valence-electron chi connectivity index (χ0n) is 16.9. The minimum absolute atomic E-state index is 0.902. The van der Waals surface area contributed by atoms with Crippen molar-refractivity contribution in [3.63, 3.8) is 0 Å². The van der Waals surface area contributed by atoms with Crippen molar-refractivity contribution in [1.29, 1.82) is 0 Å². The first-order chi connectivity index (χ1) is 11.9. The molecule has 2 N–H and O–H groups in total. The van der Waals surface area contributed by atoms with E-state index in [0.29, 0.717) is 0 Å². The summed E-state index contributed by atoms with van der Waals surface area (Å²) in [5.74, 6) is 1.95. The van der Waals surface area contributed by atoms with Crippen LogP contribution in [-0.4, -0.2) is 6.54 Å². The maximum Gasteiger partial charge on any atom is -0.00745 e. The maximum absolute atomic E-state index is 5.87. The predicted molar refractivity (Wildman–Crippen MR) is 109 cm³/mol. The van der Waals surface area contributed by atoms with Gasteiger partial charge in [-0.3, -0.25) is 0 Å². The first kappa shape index (κ1) is 22.0. The largest absolute Gasteiger partial charge is 0.330 e. The van der Waals surface area contributed by atoms with Gasteiger partial charge in [-0.25, -0.2) is 0 Å². The van der Waals surface area contributed by atoms with Gasteiger partial charge in [-0.1, -0.05) is 122 Å². The fourth-order valence-electron chi connectivity index (χ4n) is 4.68. The summed E-state index contributed by atoms with van der Waals surface area (Å²) in [7, 11) is 0. The molecule has 1 aliphatic rings. The Bertz CT molecular complexity index is 244. The molecule has 0 aromatic rings. The molecule has 1 heteroatoms. The molecule has 0 aromatic carbocycles. The van der Waals surface area contributed by atoms with Crippen molar-refractivity contribution in [3.05, 3.63) is 0 Å². The maximum atomic E-state index is 5.87. The van der Waals surface area contributed by atoms with Gasteiger partial charge < -0.3 is 5.73 Å². The van der Waals surface area contributed by atoms with Crippen LogP contribution in [0.25, 0.3) is 0 Å². The van der Waals surface area contributed by atoms with Crippen LogP contribution in [0, 0.1) is 11.8 Å². The lowest BCUT2D eigenvalue weighted by Gasteiger charge is -2.30. The lowest BCUT2D eigenvalue weighted by atomic mass is 9.76. The summed E-state index contributed by atoms with van der Waals surface area (Å²) < 4.78 is 0. The van der Waals surface area contributed by atoms with Crippen molar-refractivity contribution in [1.82, 2.24) is 0 Å². The molecule has 0 bridgehead atoms. The lowest BCUT2D eigenvalue weighted by molar-refractivity contribution is 0.222. The Hall–Kier alpha value is -0.0400. The van der Waals surface area contributed by atoms with Crippen LogP contribution in [0.1, 0.15) is 129 Å². The standard InChI is InChI=1S/C23H47N/c1-2-3-4-5-6-7-8-9-10-11-12-14-19-23(20-21-24)22-17-15-13-16-18-22/h22-23H,2-21,24H2,1H3. The Balaban J connectivity index is 1.90. The Labute approximate surface area is 153 Å². The third-order valence-corrected chi connectivity index (χ3v) is 6.28. The predicted octanol–water partition coefficient (Wildman–Crippen LogP) is 7.62. The van der Waals surface area contributed by atoms with E-state index in [4.69, 9.17) is 5.73 Å². The first-order valence-electron chi connectivity index (χ1n) is 11.6. The summed E-state index contributed by atoms with van der Waals surface area (Å²) in [6.45, 7) is 3.20. The Kier molecular flexibility index (Phi) is 15.1. The van der Waals surface area contributed by atoms with Crippen LogP contribution in [0.15, 0.2) is 0 Å². The summed E-state index contributed by atoms with van der Waals surface area (Å²) in [5.41, 5.74) is 5.87. The average molecular weight is 338 g/mol. The quantitative estimate of drug-likeness (QED) is 0.288. The van der Waals surface area contributed by atoms with Gasteiger partial charge in [0.05, 0.1) is 0 Å². The molecule has 0 amide bonds. The van der Waals surface area contributed by atoms with Crippen LogP contribution in [0.3, 0.4) is 0 Å². The highest BCUT2D eigenvalue weighted by atomic mass is 14.5. The summed E-state index contributed by atoms with van der Waals surface area (Å²) in [4.78, 5) is 0. The molecule has 144 valence electrons. The zero-order chi connectivity index (χ0) is 17.3. The van der Waals surface area contributed by atoms with Gasteiger partial charge in [-0.05, 0) is 24.8 Å². The summed E-state index contributed by atoms with van der Waals surface area (Å²) in [6, 6.07) is 0. The minimum Gasteiger partial charge on any atom is -0.330 e. The summed E-state index contributed by atoms with van der Waals surface area (Å²) in [5, 5.41) is 0. The van der Waals surface area contributed by atoms with Gasteiger partial charge in [-0.2, -0.15) is 0 Å². The van der Waals surface area contributed by atoms with Gasteiger partial charge >= 0.3 is 0 Å². The molecule has 1 saturated carbocycles. The number of nitrogens with two attached hydrogens (primary N) is 1. The molecule has 0 radical (unpaired) electrons. The van der Waals surface area contributed by atoms with Crippen LogP contribution in [0.4, 0.5) is 0 Å². The highest BCUT2D eigenvalue weighted by Gasteiger charge is 2.22. The van der Waals surface area contributed by atoms with E-state index in [2.05, 4.69) is 6.92 Å². The third kappa shape index (κ3) is 11.5. The monoisotopic (exact) mass is 337 g/mol. The Morgan fingerprint density at radius 2 is 1.17 bits per heavy atom. The molecule has 0 saturated heterocycles. The van der Waals surface area contributed by atoms with Gasteiger partial charge in [-0.15, -0.1) is 0 Å². The van der Waals surface area contributed by atoms with Crippen molar-refractivity contribution in [3.8, 4) is 0 Å². The highest BCUT2D eigenvalue weighted by molar-refractivity contribution is 4.74. The molecular formula is C23H47N. The van der Waals surface area contributed by atoms with E-state index in [-0.39, 0.29) is 0 Å². The van der Waals surface area contributed by atoms with Gasteiger partial charge in [0, 0.05) is 0 Å². The van der Waals surface area contributed by atoms with Crippen LogP contribution in [-0.2, 0) is 0 Å². The second kappa shape index (κ2) is 16.4. The molecule has 1 rings (SSSR count). The summed E-state index contributed by atoms with van der Waals surface area (Å²) >= 11 is 0. The zero-order valence-corrected chi connectivity index (χ0v) is 16.9. The average Bonchev–Trinajstić information content (AvgIpc) is 2.62. The van der Waals surface area contributed by atoms with Crippen LogP contribution in [0.5, 0.6) is 0 Å². The van der Waals surface area contributed by atoms with Crippen molar-refractivity contribution in [2.45, 2.75) is 129 Å². The number of rotatable bonds is 16. The molecule has 24 heavy (non-hydrogen) atoms. The van der Waals surface area contributed by atoms with E-state index >= 15 is 0 Å². The van der Waals surface area contributed by atoms with Crippen LogP contribution >= 0.6 is 0 Å². The lowest BCUT2D eigenvalue weighted by Crippen LogP contribution is -2.21. The molecule has 0 heterocycles. The third-order valence-electron chi connectivity index (χ3n) is 6.28. The first-order valence-corrected chi connectivity index (χ1v) is 11.6. The van der Waals surface area contributed by atoms with Gasteiger partial charge in [0.1, 0.15) is 0 Å².